The molecule has 0 aliphatic heterocycles. The van der Waals surface area contributed by atoms with E-state index in [0.717, 1.165) is 0 Å². The molecule has 0 radical (unpaired) electrons. The lowest BCUT2D eigenvalue weighted by Crippen LogP contribution is -2.49. The van der Waals surface area contributed by atoms with Crippen LogP contribution in [0.5, 0.6) is 0 Å². The minimum absolute atomic E-state index is 0.0673. The molecule has 0 aromatic rings. The van der Waals surface area contributed by atoms with Gasteiger partial charge in [0.15, 0.2) is 0 Å². The molecule has 0 rings (SSSR count). The zero-order chi connectivity index (χ0) is 13.3. The van der Waals surface area contributed by atoms with Crippen molar-refractivity contribution in [1.29, 1.82) is 0 Å². The number of aliphatic carboxylic acids is 1. The van der Waals surface area contributed by atoms with Crippen molar-refractivity contribution in [3.63, 3.8) is 0 Å². The van der Waals surface area contributed by atoms with Gasteiger partial charge in [0.25, 0.3) is 0 Å². The van der Waals surface area contributed by atoms with E-state index >= 15 is 0 Å². The average molecular weight is 246 g/mol. The Bertz CT molecular complexity index is 269. The van der Waals surface area contributed by atoms with Crippen LogP contribution in [-0.4, -0.2) is 64.6 Å². The first-order valence-corrected chi connectivity index (χ1v) is 5.17. The Hall–Kier alpha value is -1.60. The molecule has 0 bridgehead atoms. The summed E-state index contributed by atoms with van der Waals surface area (Å²) in [5.41, 5.74) is 0. The van der Waals surface area contributed by atoms with E-state index in [4.69, 9.17) is 15.3 Å². The number of hydrogen-bond acceptors (Lipinski definition) is 4. The van der Waals surface area contributed by atoms with Gasteiger partial charge in [-0.3, -0.25) is 0 Å². The van der Waals surface area contributed by atoms with Crippen molar-refractivity contribution >= 4 is 12.0 Å². The van der Waals surface area contributed by atoms with E-state index in [1.54, 1.807) is 0 Å². The number of hydrogen-bond donors (Lipinski definition) is 4. The Balaban J connectivity index is 4.43. The van der Waals surface area contributed by atoms with Gasteiger partial charge < -0.3 is 25.5 Å². The summed E-state index contributed by atoms with van der Waals surface area (Å²) < 4.78 is 0. The highest BCUT2D eigenvalue weighted by atomic mass is 16.4. The smallest absolute Gasteiger partial charge is 0.326 e. The average Bonchev–Trinajstić information content (AvgIpc) is 2.28. The summed E-state index contributed by atoms with van der Waals surface area (Å²) in [6.45, 7) is 3.19. The summed E-state index contributed by atoms with van der Waals surface area (Å²) in [7, 11) is 0. The van der Waals surface area contributed by atoms with E-state index in [0.29, 0.717) is 0 Å². The number of carbonyl (C=O) groups excluding carboxylic acids is 1. The molecule has 4 N–H and O–H groups in total. The van der Waals surface area contributed by atoms with Crippen LogP contribution in [0, 0.1) is 0 Å². The zero-order valence-electron chi connectivity index (χ0n) is 9.50. The largest absolute Gasteiger partial charge is 0.480 e. The number of aliphatic hydroxyl groups is 2. The molecule has 0 aliphatic rings. The fourth-order valence-electron chi connectivity index (χ4n) is 1.18. The molecule has 98 valence electrons. The van der Waals surface area contributed by atoms with Gasteiger partial charge in [-0.25, -0.2) is 9.59 Å². The molecule has 1 unspecified atom stereocenters. The van der Waals surface area contributed by atoms with Gasteiger partial charge in [-0.05, 0) is 0 Å². The lowest BCUT2D eigenvalue weighted by atomic mass is 10.2. The molecule has 17 heavy (non-hydrogen) atoms. The Morgan fingerprint density at radius 2 is 2.00 bits per heavy atom. The zero-order valence-corrected chi connectivity index (χ0v) is 9.50. The van der Waals surface area contributed by atoms with Crippen LogP contribution in [0.2, 0.25) is 0 Å². The molecule has 0 aromatic carbocycles. The number of nitrogens with one attached hydrogen (secondary N) is 1. The summed E-state index contributed by atoms with van der Waals surface area (Å²) >= 11 is 0. The Morgan fingerprint density at radius 1 is 1.35 bits per heavy atom. The van der Waals surface area contributed by atoms with Crippen LogP contribution >= 0.6 is 0 Å². The third kappa shape index (κ3) is 5.88. The highest BCUT2D eigenvalue weighted by Gasteiger charge is 2.21. The SMILES string of the molecule is C=CCN(CCO)C(=O)NC(CCO)C(=O)O. The summed E-state index contributed by atoms with van der Waals surface area (Å²) in [5.74, 6) is -1.21. The number of urea groups is 1. The third-order valence-electron chi connectivity index (χ3n) is 2.02. The van der Waals surface area contributed by atoms with Gasteiger partial charge in [-0.2, -0.15) is 0 Å². The van der Waals surface area contributed by atoms with Crippen molar-refractivity contribution in [3.8, 4) is 0 Å². The summed E-state index contributed by atoms with van der Waals surface area (Å²) in [5, 5.41) is 28.4. The number of carboxylic acid groups (broad SMARTS) is 1. The first kappa shape index (κ1) is 15.4. The van der Waals surface area contributed by atoms with E-state index in [1.807, 2.05) is 0 Å². The molecule has 7 nitrogen and oxygen atoms in total. The number of carbonyl (C=O) groups is 2. The van der Waals surface area contributed by atoms with Crippen LogP contribution in [0.1, 0.15) is 6.42 Å². The van der Waals surface area contributed by atoms with E-state index < -0.39 is 18.0 Å². The number of aliphatic hydroxyl groups excluding tert-OH is 2. The maximum Gasteiger partial charge on any atom is 0.326 e. The van der Waals surface area contributed by atoms with Crippen LogP contribution in [0.25, 0.3) is 0 Å². The molecule has 0 spiro atoms. The Kier molecular flexibility index (Phi) is 7.74. The number of rotatable bonds is 8. The minimum atomic E-state index is -1.21. The predicted molar refractivity (Wildman–Crippen MR) is 60.5 cm³/mol. The second-order valence-corrected chi connectivity index (χ2v) is 3.31. The van der Waals surface area contributed by atoms with Crippen molar-refractivity contribution in [2.24, 2.45) is 0 Å². The van der Waals surface area contributed by atoms with E-state index in [9.17, 15) is 9.59 Å². The van der Waals surface area contributed by atoms with Crippen LogP contribution in [0.15, 0.2) is 12.7 Å². The molecule has 1 atom stereocenters. The normalized spacial score (nSPS) is 11.6. The van der Waals surface area contributed by atoms with Gasteiger partial charge >= 0.3 is 12.0 Å². The maximum atomic E-state index is 11.6. The monoisotopic (exact) mass is 246 g/mol. The minimum Gasteiger partial charge on any atom is -0.480 e. The molecule has 7 heteroatoms. The fraction of sp³-hybridized carbons (Fsp3) is 0.600. The second-order valence-electron chi connectivity index (χ2n) is 3.31. The summed E-state index contributed by atoms with van der Waals surface area (Å²) in [6.07, 6.45) is 1.40. The standard InChI is InChI=1S/C10H18N2O5/c1-2-4-12(5-7-14)10(17)11-8(3-6-13)9(15)16/h2,8,13-14H,1,3-7H2,(H,11,17)(H,15,16). The molecule has 0 aliphatic carbocycles. The van der Waals surface area contributed by atoms with Crippen LogP contribution in [0.4, 0.5) is 4.79 Å². The van der Waals surface area contributed by atoms with E-state index in [2.05, 4.69) is 11.9 Å². The fourth-order valence-corrected chi connectivity index (χ4v) is 1.18. The van der Waals surface area contributed by atoms with Crippen molar-refractivity contribution < 1.29 is 24.9 Å². The lowest BCUT2D eigenvalue weighted by molar-refractivity contribution is -0.139. The van der Waals surface area contributed by atoms with Crippen molar-refractivity contribution in [1.82, 2.24) is 10.2 Å². The van der Waals surface area contributed by atoms with E-state index in [1.165, 1.54) is 11.0 Å². The molecule has 0 fully saturated rings. The van der Waals surface area contributed by atoms with Crippen molar-refractivity contribution in [2.75, 3.05) is 26.3 Å². The molecule has 0 saturated heterocycles. The molecule has 2 amide bonds. The molecular formula is C10H18N2O5. The molecule has 0 heterocycles. The molecule has 0 aromatic heterocycles. The maximum absolute atomic E-state index is 11.6. The number of amides is 2. The summed E-state index contributed by atoms with van der Waals surface area (Å²) in [4.78, 5) is 23.6. The quantitative estimate of drug-likeness (QED) is 0.411. The highest BCUT2D eigenvalue weighted by molar-refractivity contribution is 5.82. The molecule has 0 saturated carbocycles. The van der Waals surface area contributed by atoms with Gasteiger partial charge in [0.2, 0.25) is 0 Å². The Labute approximate surface area is 99.3 Å². The summed E-state index contributed by atoms with van der Waals surface area (Å²) in [6, 6.07) is -1.75. The van der Waals surface area contributed by atoms with Gasteiger partial charge in [-0.15, -0.1) is 6.58 Å². The third-order valence-corrected chi connectivity index (χ3v) is 2.02. The molecular weight excluding hydrogens is 228 g/mol. The highest BCUT2D eigenvalue weighted by Crippen LogP contribution is 1.96. The topological polar surface area (TPSA) is 110 Å². The second kappa shape index (κ2) is 8.54. The first-order chi connectivity index (χ1) is 8.06. The first-order valence-electron chi connectivity index (χ1n) is 5.17. The number of nitrogens with zero attached hydrogens (tertiary/aromatic N) is 1. The van der Waals surface area contributed by atoms with Gasteiger partial charge in [-0.1, -0.05) is 6.08 Å². The van der Waals surface area contributed by atoms with Crippen LogP contribution in [0.3, 0.4) is 0 Å². The van der Waals surface area contributed by atoms with Crippen molar-refractivity contribution in [3.05, 3.63) is 12.7 Å². The van der Waals surface area contributed by atoms with E-state index in [-0.39, 0.29) is 32.7 Å². The Morgan fingerprint density at radius 3 is 2.41 bits per heavy atom. The van der Waals surface area contributed by atoms with Crippen LogP contribution < -0.4 is 5.32 Å². The lowest BCUT2D eigenvalue weighted by Gasteiger charge is -2.23. The van der Waals surface area contributed by atoms with Crippen LogP contribution in [-0.2, 0) is 4.79 Å². The van der Waals surface area contributed by atoms with Gasteiger partial charge in [0.1, 0.15) is 6.04 Å². The van der Waals surface area contributed by atoms with Gasteiger partial charge in [0.05, 0.1) is 6.61 Å². The predicted octanol–water partition coefficient (Wildman–Crippen LogP) is -0.988. The number of carboxylic acids is 1. The van der Waals surface area contributed by atoms with Crippen molar-refractivity contribution in [2.45, 2.75) is 12.5 Å². The van der Waals surface area contributed by atoms with Gasteiger partial charge in [0, 0.05) is 26.1 Å².